The van der Waals surface area contributed by atoms with E-state index in [1.54, 1.807) is 26.2 Å². The fraction of sp³-hybridized carbons (Fsp3) is 0.350. The highest BCUT2D eigenvalue weighted by Crippen LogP contribution is 2.28. The number of benzene rings is 2. The second-order valence-electron chi connectivity index (χ2n) is 6.10. The number of halogens is 1. The number of amides is 1. The number of carbonyl (C=O) groups excluding carboxylic acids is 1. The first-order chi connectivity index (χ1) is 12.3. The van der Waals surface area contributed by atoms with Crippen molar-refractivity contribution in [2.75, 3.05) is 27.9 Å². The fourth-order valence-corrected chi connectivity index (χ4v) is 2.81. The fourth-order valence-electron chi connectivity index (χ4n) is 2.59. The van der Waals surface area contributed by atoms with E-state index in [0.29, 0.717) is 23.8 Å². The van der Waals surface area contributed by atoms with Gasteiger partial charge in [0.15, 0.2) is 18.1 Å². The summed E-state index contributed by atoms with van der Waals surface area (Å²) in [6.07, 6.45) is 0. The first-order valence-corrected chi connectivity index (χ1v) is 8.99. The minimum absolute atomic E-state index is 0.00962. The van der Waals surface area contributed by atoms with Gasteiger partial charge in [-0.3, -0.25) is 4.79 Å². The van der Waals surface area contributed by atoms with E-state index < -0.39 is 0 Å². The van der Waals surface area contributed by atoms with E-state index in [-0.39, 0.29) is 12.5 Å². The van der Waals surface area contributed by atoms with E-state index >= 15 is 0 Å². The molecule has 6 heteroatoms. The third kappa shape index (κ3) is 4.91. The molecule has 0 heterocycles. The Bertz CT molecular complexity index is 768. The second kappa shape index (κ2) is 8.94. The van der Waals surface area contributed by atoms with Gasteiger partial charge in [0, 0.05) is 18.1 Å². The van der Waals surface area contributed by atoms with Crippen molar-refractivity contribution in [1.29, 1.82) is 0 Å². The molecule has 0 aliphatic carbocycles. The number of ether oxygens (including phenoxy) is 3. The average Bonchev–Trinajstić information content (AvgIpc) is 2.63. The summed E-state index contributed by atoms with van der Waals surface area (Å²) in [5.41, 5.74) is 3.10. The van der Waals surface area contributed by atoms with Crippen molar-refractivity contribution in [3.8, 4) is 17.2 Å². The second-order valence-corrected chi connectivity index (χ2v) is 6.89. The van der Waals surface area contributed by atoms with Gasteiger partial charge in [0.05, 0.1) is 14.2 Å². The molecule has 26 heavy (non-hydrogen) atoms. The monoisotopic (exact) mass is 421 g/mol. The Morgan fingerprint density at radius 1 is 1.04 bits per heavy atom. The molecule has 0 saturated carbocycles. The van der Waals surface area contributed by atoms with Crippen LogP contribution in [0.1, 0.15) is 16.7 Å². The maximum Gasteiger partial charge on any atom is 0.260 e. The van der Waals surface area contributed by atoms with Gasteiger partial charge in [0.25, 0.3) is 5.91 Å². The molecule has 0 N–H and O–H groups in total. The molecule has 0 aliphatic heterocycles. The molecule has 0 aliphatic rings. The van der Waals surface area contributed by atoms with Crippen molar-refractivity contribution >= 4 is 21.8 Å². The zero-order valence-corrected chi connectivity index (χ0v) is 17.3. The predicted octanol–water partition coefficient (Wildman–Crippen LogP) is 4.12. The Morgan fingerprint density at radius 2 is 1.65 bits per heavy atom. The Morgan fingerprint density at radius 3 is 2.23 bits per heavy atom. The number of hydrogen-bond donors (Lipinski definition) is 0. The third-order valence-electron chi connectivity index (χ3n) is 4.07. The number of aryl methyl sites for hydroxylation is 2. The standard InChI is InChI=1S/C20H24BrNO4/c1-13-8-16(9-14(2)20(13)21)26-12-19(23)22(3)11-15-6-7-17(24-4)18(10-15)25-5/h6-10H,11-12H2,1-5H3. The molecule has 5 nitrogen and oxygen atoms in total. The van der Waals surface area contributed by atoms with E-state index in [9.17, 15) is 4.79 Å². The van der Waals surface area contributed by atoms with Crippen molar-refractivity contribution in [1.82, 2.24) is 4.90 Å². The Balaban J connectivity index is 1.97. The van der Waals surface area contributed by atoms with Gasteiger partial charge in [-0.25, -0.2) is 0 Å². The number of rotatable bonds is 7. The van der Waals surface area contributed by atoms with Crippen LogP contribution in [0.5, 0.6) is 17.2 Å². The average molecular weight is 422 g/mol. The van der Waals surface area contributed by atoms with Crippen LogP contribution in [0.3, 0.4) is 0 Å². The van der Waals surface area contributed by atoms with Crippen LogP contribution in [-0.4, -0.2) is 38.7 Å². The third-order valence-corrected chi connectivity index (χ3v) is 5.32. The molecule has 0 fully saturated rings. The lowest BCUT2D eigenvalue weighted by molar-refractivity contribution is -0.132. The van der Waals surface area contributed by atoms with Gasteiger partial charge in [0.1, 0.15) is 5.75 Å². The van der Waals surface area contributed by atoms with Crippen molar-refractivity contribution < 1.29 is 19.0 Å². The molecule has 140 valence electrons. The molecule has 0 unspecified atom stereocenters. The largest absolute Gasteiger partial charge is 0.493 e. The summed E-state index contributed by atoms with van der Waals surface area (Å²) in [5.74, 6) is 1.89. The summed E-state index contributed by atoms with van der Waals surface area (Å²) in [6.45, 7) is 4.44. The molecule has 1 amide bonds. The minimum Gasteiger partial charge on any atom is -0.493 e. The molecule has 0 atom stereocenters. The zero-order valence-electron chi connectivity index (χ0n) is 15.8. The summed E-state index contributed by atoms with van der Waals surface area (Å²) in [5, 5.41) is 0. The molecule has 0 radical (unpaired) electrons. The van der Waals surface area contributed by atoms with Crippen LogP contribution in [0, 0.1) is 13.8 Å². The maximum absolute atomic E-state index is 12.4. The number of likely N-dealkylation sites (N-methyl/N-ethyl adjacent to an activating group) is 1. The van der Waals surface area contributed by atoms with Gasteiger partial charge in [-0.1, -0.05) is 22.0 Å². The highest BCUT2D eigenvalue weighted by molar-refractivity contribution is 9.10. The van der Waals surface area contributed by atoms with Crippen molar-refractivity contribution in [2.24, 2.45) is 0 Å². The topological polar surface area (TPSA) is 48.0 Å². The summed E-state index contributed by atoms with van der Waals surface area (Å²) >= 11 is 3.53. The Kier molecular flexibility index (Phi) is 6.91. The van der Waals surface area contributed by atoms with Gasteiger partial charge in [-0.05, 0) is 54.8 Å². The van der Waals surface area contributed by atoms with Gasteiger partial charge in [-0.2, -0.15) is 0 Å². The Labute approximate surface area is 163 Å². The van der Waals surface area contributed by atoms with Crippen LogP contribution in [0.25, 0.3) is 0 Å². The summed E-state index contributed by atoms with van der Waals surface area (Å²) < 4.78 is 17.3. The molecular weight excluding hydrogens is 398 g/mol. The lowest BCUT2D eigenvalue weighted by atomic mass is 10.1. The summed E-state index contributed by atoms with van der Waals surface area (Å²) in [4.78, 5) is 14.0. The maximum atomic E-state index is 12.4. The lowest BCUT2D eigenvalue weighted by Gasteiger charge is -2.19. The quantitative estimate of drug-likeness (QED) is 0.674. The zero-order chi connectivity index (χ0) is 19.3. The molecule has 0 saturated heterocycles. The van der Waals surface area contributed by atoms with Crippen molar-refractivity contribution in [3.63, 3.8) is 0 Å². The molecule has 0 aromatic heterocycles. The normalized spacial score (nSPS) is 10.4. The summed E-state index contributed by atoms with van der Waals surface area (Å²) in [6, 6.07) is 9.44. The van der Waals surface area contributed by atoms with Crippen molar-refractivity contribution in [2.45, 2.75) is 20.4 Å². The van der Waals surface area contributed by atoms with Gasteiger partial charge in [0.2, 0.25) is 0 Å². The van der Waals surface area contributed by atoms with Gasteiger partial charge in [-0.15, -0.1) is 0 Å². The Hall–Kier alpha value is -2.21. The van der Waals surface area contributed by atoms with E-state index in [0.717, 1.165) is 21.2 Å². The van der Waals surface area contributed by atoms with Crippen LogP contribution in [-0.2, 0) is 11.3 Å². The number of carbonyl (C=O) groups is 1. The van der Waals surface area contributed by atoms with Crippen molar-refractivity contribution in [3.05, 3.63) is 51.5 Å². The lowest BCUT2D eigenvalue weighted by Crippen LogP contribution is -2.31. The smallest absolute Gasteiger partial charge is 0.260 e. The van der Waals surface area contributed by atoms with Crippen LogP contribution in [0.4, 0.5) is 0 Å². The summed E-state index contributed by atoms with van der Waals surface area (Å²) in [7, 11) is 4.93. The number of nitrogens with zero attached hydrogens (tertiary/aromatic N) is 1. The molecule has 2 aromatic rings. The van der Waals surface area contributed by atoms with E-state index in [1.807, 2.05) is 44.2 Å². The van der Waals surface area contributed by atoms with E-state index in [4.69, 9.17) is 14.2 Å². The highest BCUT2D eigenvalue weighted by Gasteiger charge is 2.13. The highest BCUT2D eigenvalue weighted by atomic mass is 79.9. The first kappa shape index (κ1) is 20.1. The van der Waals surface area contributed by atoms with Gasteiger partial charge >= 0.3 is 0 Å². The SMILES string of the molecule is COc1ccc(CN(C)C(=O)COc2cc(C)c(Br)c(C)c2)cc1OC. The van der Waals surface area contributed by atoms with Crippen LogP contribution in [0.2, 0.25) is 0 Å². The van der Waals surface area contributed by atoms with E-state index in [1.165, 1.54) is 0 Å². The van der Waals surface area contributed by atoms with Crippen LogP contribution >= 0.6 is 15.9 Å². The number of hydrogen-bond acceptors (Lipinski definition) is 4. The molecule has 0 bridgehead atoms. The number of methoxy groups -OCH3 is 2. The van der Waals surface area contributed by atoms with Gasteiger partial charge < -0.3 is 19.1 Å². The molecule has 0 spiro atoms. The van der Waals surface area contributed by atoms with E-state index in [2.05, 4.69) is 15.9 Å². The van der Waals surface area contributed by atoms with Crippen LogP contribution < -0.4 is 14.2 Å². The molecule has 2 rings (SSSR count). The van der Waals surface area contributed by atoms with Crippen LogP contribution in [0.15, 0.2) is 34.8 Å². The predicted molar refractivity (Wildman–Crippen MR) is 105 cm³/mol. The molecular formula is C20H24BrNO4. The molecule has 2 aromatic carbocycles. The minimum atomic E-state index is -0.0991. The first-order valence-electron chi connectivity index (χ1n) is 8.20.